The number of benzene rings is 2. The molecule has 1 atom stereocenters. The number of carbonyl (C=O) groups excluding carboxylic acids is 1. The van der Waals surface area contributed by atoms with Crippen LogP contribution in [0, 0.1) is 6.92 Å². The van der Waals surface area contributed by atoms with E-state index in [-0.39, 0.29) is 11.4 Å². The molecule has 0 fully saturated rings. The van der Waals surface area contributed by atoms with Crippen molar-refractivity contribution in [3.8, 4) is 0 Å². The Morgan fingerprint density at radius 1 is 1.04 bits per heavy atom. The van der Waals surface area contributed by atoms with E-state index in [0.29, 0.717) is 5.56 Å². The molecule has 5 nitrogen and oxygen atoms in total. The normalized spacial score (nSPS) is 13.2. The molecule has 0 spiro atoms. The van der Waals surface area contributed by atoms with Crippen molar-refractivity contribution in [2.45, 2.75) is 37.5 Å². The van der Waals surface area contributed by atoms with Crippen molar-refractivity contribution < 1.29 is 26.4 Å². The fraction of sp³-hybridized carbons (Fsp3) is 0.278. The monoisotopic (exact) mass is 400 g/mol. The number of aryl methyl sites for hydroxylation is 1. The Morgan fingerprint density at radius 3 is 2.11 bits per heavy atom. The summed E-state index contributed by atoms with van der Waals surface area (Å²) < 4.78 is 64.4. The summed E-state index contributed by atoms with van der Waals surface area (Å²) in [6.07, 6.45) is -4.43. The molecule has 1 amide bonds. The van der Waals surface area contributed by atoms with E-state index in [9.17, 15) is 26.4 Å². The van der Waals surface area contributed by atoms with Crippen molar-refractivity contribution in [2.75, 3.05) is 0 Å². The Kier molecular flexibility index (Phi) is 6.27. The number of rotatable bonds is 6. The molecular formula is C18H19F3N2O3S. The molecule has 0 aromatic heterocycles. The number of nitrogens with one attached hydrogen (secondary N) is 2. The lowest BCUT2D eigenvalue weighted by Gasteiger charge is -2.15. The summed E-state index contributed by atoms with van der Waals surface area (Å²) in [4.78, 5) is 12.1. The molecule has 9 heteroatoms. The smallest absolute Gasteiger partial charge is 0.351 e. The zero-order valence-electron chi connectivity index (χ0n) is 14.7. The van der Waals surface area contributed by atoms with E-state index in [1.54, 1.807) is 12.1 Å². The minimum Gasteiger partial charge on any atom is -0.351 e. The second-order valence-electron chi connectivity index (χ2n) is 6.07. The second-order valence-corrected chi connectivity index (χ2v) is 7.78. The highest BCUT2D eigenvalue weighted by atomic mass is 32.2. The summed E-state index contributed by atoms with van der Waals surface area (Å²) in [5.41, 5.74) is 0.582. The van der Waals surface area contributed by atoms with Gasteiger partial charge in [-0.1, -0.05) is 29.8 Å². The van der Waals surface area contributed by atoms with Crippen LogP contribution in [0.2, 0.25) is 0 Å². The van der Waals surface area contributed by atoms with Crippen molar-refractivity contribution >= 4 is 15.9 Å². The SMILES string of the molecule is Cc1ccc(S(=O)(=O)NC(C)C(=O)NCc2ccc(C(F)(F)F)cc2)cc1. The molecule has 2 aromatic rings. The fourth-order valence-corrected chi connectivity index (χ4v) is 3.43. The van der Waals surface area contributed by atoms with Gasteiger partial charge in [0.15, 0.2) is 0 Å². The van der Waals surface area contributed by atoms with Crippen LogP contribution < -0.4 is 10.0 Å². The molecule has 27 heavy (non-hydrogen) atoms. The maximum absolute atomic E-state index is 12.5. The molecule has 2 aromatic carbocycles. The van der Waals surface area contributed by atoms with Gasteiger partial charge in [-0.3, -0.25) is 4.79 Å². The van der Waals surface area contributed by atoms with Crippen molar-refractivity contribution in [3.63, 3.8) is 0 Å². The van der Waals surface area contributed by atoms with Crippen LogP contribution in [0.15, 0.2) is 53.4 Å². The first-order valence-corrected chi connectivity index (χ1v) is 9.50. The summed E-state index contributed by atoms with van der Waals surface area (Å²) in [7, 11) is -3.86. The molecular weight excluding hydrogens is 381 g/mol. The van der Waals surface area contributed by atoms with Gasteiger partial charge in [0.25, 0.3) is 0 Å². The van der Waals surface area contributed by atoms with Crippen LogP contribution in [0.5, 0.6) is 0 Å². The second kappa shape index (κ2) is 8.10. The molecule has 0 aliphatic rings. The topological polar surface area (TPSA) is 75.3 Å². The van der Waals surface area contributed by atoms with Crippen molar-refractivity contribution in [3.05, 3.63) is 65.2 Å². The predicted molar refractivity (Wildman–Crippen MR) is 94.3 cm³/mol. The standard InChI is InChI=1S/C18H19F3N2O3S/c1-12-3-9-16(10-4-12)27(25,26)23-13(2)17(24)22-11-14-5-7-15(8-6-14)18(19,20)21/h3-10,13,23H,11H2,1-2H3,(H,22,24). The predicted octanol–water partition coefficient (Wildman–Crippen LogP) is 3.00. The third-order valence-electron chi connectivity index (χ3n) is 3.80. The number of halogens is 3. The molecule has 0 radical (unpaired) electrons. The first kappa shape index (κ1) is 20.9. The van der Waals surface area contributed by atoms with Gasteiger partial charge in [0.05, 0.1) is 16.5 Å². The van der Waals surface area contributed by atoms with Gasteiger partial charge in [0.1, 0.15) is 0 Å². The Bertz CT molecular complexity index is 893. The Labute approximate surface area is 155 Å². The lowest BCUT2D eigenvalue weighted by molar-refractivity contribution is -0.137. The van der Waals surface area contributed by atoms with Gasteiger partial charge in [0.2, 0.25) is 15.9 Å². The number of hydrogen-bond acceptors (Lipinski definition) is 3. The van der Waals surface area contributed by atoms with Crippen LogP contribution >= 0.6 is 0 Å². The van der Waals surface area contributed by atoms with Crippen LogP contribution in [0.1, 0.15) is 23.6 Å². The highest BCUT2D eigenvalue weighted by Gasteiger charge is 2.30. The molecule has 1 unspecified atom stereocenters. The maximum atomic E-state index is 12.5. The van der Waals surface area contributed by atoms with E-state index in [1.807, 2.05) is 6.92 Å². The van der Waals surface area contributed by atoms with Crippen molar-refractivity contribution in [1.82, 2.24) is 10.0 Å². The number of amides is 1. The summed E-state index contributed by atoms with van der Waals surface area (Å²) in [5.74, 6) is -0.592. The van der Waals surface area contributed by atoms with Gasteiger partial charge in [-0.25, -0.2) is 8.42 Å². The van der Waals surface area contributed by atoms with Crippen LogP contribution in [0.25, 0.3) is 0 Å². The van der Waals surface area contributed by atoms with E-state index in [4.69, 9.17) is 0 Å². The highest BCUT2D eigenvalue weighted by Crippen LogP contribution is 2.29. The van der Waals surface area contributed by atoms with Crippen LogP contribution in [-0.2, 0) is 27.5 Å². The number of sulfonamides is 1. The Balaban J connectivity index is 1.94. The molecule has 2 rings (SSSR count). The summed E-state index contributed by atoms with van der Waals surface area (Å²) in [6.45, 7) is 3.18. The number of alkyl halides is 3. The molecule has 0 heterocycles. The van der Waals surface area contributed by atoms with Gasteiger partial charge < -0.3 is 5.32 Å². The third-order valence-corrected chi connectivity index (χ3v) is 5.36. The van der Waals surface area contributed by atoms with Gasteiger partial charge in [-0.05, 0) is 43.7 Å². The number of carbonyl (C=O) groups is 1. The first-order valence-electron chi connectivity index (χ1n) is 8.02. The molecule has 0 aliphatic carbocycles. The van der Waals surface area contributed by atoms with E-state index in [1.165, 1.54) is 31.2 Å². The van der Waals surface area contributed by atoms with Crippen molar-refractivity contribution in [2.24, 2.45) is 0 Å². The quantitative estimate of drug-likeness (QED) is 0.783. The lowest BCUT2D eigenvalue weighted by Crippen LogP contribution is -2.44. The van der Waals surface area contributed by atoms with Crippen molar-refractivity contribution in [1.29, 1.82) is 0 Å². The highest BCUT2D eigenvalue weighted by molar-refractivity contribution is 7.89. The molecule has 0 saturated carbocycles. The maximum Gasteiger partial charge on any atom is 0.416 e. The summed E-state index contributed by atoms with van der Waals surface area (Å²) in [6, 6.07) is 9.46. The average Bonchev–Trinajstić information content (AvgIpc) is 2.59. The first-order chi connectivity index (χ1) is 12.5. The molecule has 0 saturated heterocycles. The van der Waals surface area contributed by atoms with E-state index in [2.05, 4.69) is 10.0 Å². The third kappa shape index (κ3) is 5.80. The van der Waals surface area contributed by atoms with Gasteiger partial charge in [0, 0.05) is 6.54 Å². The zero-order chi connectivity index (χ0) is 20.2. The average molecular weight is 400 g/mol. The van der Waals surface area contributed by atoms with E-state index < -0.39 is 33.7 Å². The van der Waals surface area contributed by atoms with Crippen LogP contribution in [0.3, 0.4) is 0 Å². The molecule has 2 N–H and O–H groups in total. The minimum absolute atomic E-state index is 0.0203. The fourth-order valence-electron chi connectivity index (χ4n) is 2.23. The van der Waals surface area contributed by atoms with Crippen LogP contribution in [0.4, 0.5) is 13.2 Å². The van der Waals surface area contributed by atoms with Crippen LogP contribution in [-0.4, -0.2) is 20.4 Å². The largest absolute Gasteiger partial charge is 0.416 e. The van der Waals surface area contributed by atoms with E-state index >= 15 is 0 Å². The minimum atomic E-state index is -4.43. The van der Waals surface area contributed by atoms with Gasteiger partial charge in [-0.2, -0.15) is 17.9 Å². The summed E-state index contributed by atoms with van der Waals surface area (Å²) in [5, 5.41) is 2.49. The van der Waals surface area contributed by atoms with Gasteiger partial charge in [-0.15, -0.1) is 0 Å². The molecule has 0 bridgehead atoms. The zero-order valence-corrected chi connectivity index (χ0v) is 15.5. The van der Waals surface area contributed by atoms with Gasteiger partial charge >= 0.3 is 6.18 Å². The number of hydrogen-bond donors (Lipinski definition) is 2. The molecule has 0 aliphatic heterocycles. The summed E-state index contributed by atoms with van der Waals surface area (Å²) >= 11 is 0. The lowest BCUT2D eigenvalue weighted by atomic mass is 10.1. The molecule has 146 valence electrons. The Hall–Kier alpha value is -2.39. The Morgan fingerprint density at radius 2 is 1.59 bits per heavy atom. The van der Waals surface area contributed by atoms with E-state index in [0.717, 1.165) is 17.7 Å².